The highest BCUT2D eigenvalue weighted by molar-refractivity contribution is 7.15. The van der Waals surface area contributed by atoms with Crippen LogP contribution in [0.1, 0.15) is 17.6 Å². The van der Waals surface area contributed by atoms with Crippen molar-refractivity contribution in [2.24, 2.45) is 5.92 Å². The third-order valence-electron chi connectivity index (χ3n) is 2.81. The maximum Gasteiger partial charge on any atom is 0.390 e. The molecule has 0 aliphatic heterocycles. The van der Waals surface area contributed by atoms with E-state index >= 15 is 0 Å². The van der Waals surface area contributed by atoms with E-state index in [1.807, 2.05) is 0 Å². The van der Waals surface area contributed by atoms with Crippen molar-refractivity contribution in [1.29, 1.82) is 0 Å². The van der Waals surface area contributed by atoms with Crippen LogP contribution in [0, 0.1) is 29.9 Å². The van der Waals surface area contributed by atoms with Gasteiger partial charge in [-0.25, -0.2) is 0 Å². The van der Waals surface area contributed by atoms with Crippen LogP contribution in [0.3, 0.4) is 0 Å². The molecular formula is C11H14N6O3S. The van der Waals surface area contributed by atoms with Crippen LogP contribution in [0.5, 0.6) is 0 Å². The van der Waals surface area contributed by atoms with Gasteiger partial charge in [0, 0.05) is 0 Å². The molecule has 1 N–H and O–H groups in total. The molecule has 1 atom stereocenters. The summed E-state index contributed by atoms with van der Waals surface area (Å²) in [6.07, 6.45) is 0. The van der Waals surface area contributed by atoms with Crippen LogP contribution in [-0.4, -0.2) is 30.8 Å². The first kappa shape index (κ1) is 15.0. The monoisotopic (exact) mass is 310 g/mol. The number of nitrogens with one attached hydrogen (secondary N) is 1. The SMILES string of the molecule is Cc1nnc(NC(=O)[C@@H](C)Cn2nc([N+](=O)[O-])cc2C)s1. The first-order valence-electron chi connectivity index (χ1n) is 6.16. The van der Waals surface area contributed by atoms with E-state index in [-0.39, 0.29) is 18.3 Å². The molecule has 0 saturated heterocycles. The van der Waals surface area contributed by atoms with Gasteiger partial charge >= 0.3 is 5.82 Å². The zero-order valence-corrected chi connectivity index (χ0v) is 12.5. The summed E-state index contributed by atoms with van der Waals surface area (Å²) in [7, 11) is 0. The normalized spacial score (nSPS) is 12.1. The maximum absolute atomic E-state index is 12.0. The molecular weight excluding hydrogens is 296 g/mol. The molecule has 9 nitrogen and oxygen atoms in total. The van der Waals surface area contributed by atoms with Crippen LogP contribution in [0.2, 0.25) is 0 Å². The highest BCUT2D eigenvalue weighted by atomic mass is 32.1. The molecule has 1 amide bonds. The Morgan fingerprint density at radius 2 is 2.24 bits per heavy atom. The van der Waals surface area contributed by atoms with Crippen molar-refractivity contribution < 1.29 is 9.72 Å². The summed E-state index contributed by atoms with van der Waals surface area (Å²) in [6.45, 7) is 5.47. The average Bonchev–Trinajstić information content (AvgIpc) is 2.96. The van der Waals surface area contributed by atoms with Gasteiger partial charge < -0.3 is 15.4 Å². The van der Waals surface area contributed by atoms with Gasteiger partial charge in [-0.3, -0.25) is 4.79 Å². The van der Waals surface area contributed by atoms with E-state index < -0.39 is 10.8 Å². The number of nitro groups is 1. The summed E-state index contributed by atoms with van der Waals surface area (Å²) in [6, 6.07) is 1.37. The quantitative estimate of drug-likeness (QED) is 0.661. The molecule has 0 aliphatic carbocycles. The second-order valence-corrected chi connectivity index (χ2v) is 5.78. The standard InChI is InChI=1S/C11H14N6O3S/c1-6(10(18)12-11-14-13-8(3)21-11)5-16-7(2)4-9(15-16)17(19)20/h4,6H,5H2,1-3H3,(H,12,14,18)/t6-/m0/s1. The molecule has 0 unspecified atom stereocenters. The molecule has 2 heterocycles. The van der Waals surface area contributed by atoms with E-state index in [4.69, 9.17) is 0 Å². The Bertz CT molecular complexity index is 679. The molecule has 0 aliphatic rings. The van der Waals surface area contributed by atoms with Gasteiger partial charge in [-0.15, -0.1) is 10.2 Å². The predicted octanol–water partition coefficient (Wildman–Crippen LogP) is 1.53. The molecule has 0 radical (unpaired) electrons. The molecule has 2 aromatic heterocycles. The molecule has 2 rings (SSSR count). The molecule has 0 aromatic carbocycles. The fraction of sp³-hybridized carbons (Fsp3) is 0.455. The summed E-state index contributed by atoms with van der Waals surface area (Å²) in [4.78, 5) is 22.1. The van der Waals surface area contributed by atoms with Crippen molar-refractivity contribution in [3.05, 3.63) is 26.9 Å². The Morgan fingerprint density at radius 3 is 2.76 bits per heavy atom. The van der Waals surface area contributed by atoms with E-state index in [2.05, 4.69) is 20.6 Å². The number of amides is 1. The van der Waals surface area contributed by atoms with Gasteiger partial charge in [0.2, 0.25) is 11.0 Å². The molecule has 2 aromatic rings. The average molecular weight is 310 g/mol. The molecule has 0 bridgehead atoms. The lowest BCUT2D eigenvalue weighted by atomic mass is 10.1. The van der Waals surface area contributed by atoms with Gasteiger partial charge in [-0.1, -0.05) is 18.3 Å². The van der Waals surface area contributed by atoms with Gasteiger partial charge in [-0.2, -0.15) is 4.68 Å². The van der Waals surface area contributed by atoms with Crippen LogP contribution in [-0.2, 0) is 11.3 Å². The Kier molecular flexibility index (Phi) is 4.26. The predicted molar refractivity (Wildman–Crippen MR) is 76.1 cm³/mol. The van der Waals surface area contributed by atoms with Gasteiger partial charge in [0.05, 0.1) is 29.3 Å². The van der Waals surface area contributed by atoms with Crippen molar-refractivity contribution in [1.82, 2.24) is 20.0 Å². The molecule has 21 heavy (non-hydrogen) atoms. The number of anilines is 1. The fourth-order valence-corrected chi connectivity index (χ4v) is 2.28. The van der Waals surface area contributed by atoms with E-state index in [0.717, 1.165) is 5.01 Å². The zero-order valence-electron chi connectivity index (χ0n) is 11.7. The Balaban J connectivity index is 2.02. The first-order valence-corrected chi connectivity index (χ1v) is 6.98. The lowest BCUT2D eigenvalue weighted by molar-refractivity contribution is -0.389. The highest BCUT2D eigenvalue weighted by Gasteiger charge is 2.21. The Hall–Kier alpha value is -2.36. The lowest BCUT2D eigenvalue weighted by Crippen LogP contribution is -2.25. The minimum absolute atomic E-state index is 0.222. The number of aromatic nitrogens is 4. The van der Waals surface area contributed by atoms with E-state index in [9.17, 15) is 14.9 Å². The van der Waals surface area contributed by atoms with Crippen molar-refractivity contribution in [3.8, 4) is 0 Å². The van der Waals surface area contributed by atoms with Crippen LogP contribution < -0.4 is 5.32 Å². The third-order valence-corrected chi connectivity index (χ3v) is 3.56. The number of carbonyl (C=O) groups is 1. The van der Waals surface area contributed by atoms with Gasteiger partial charge in [0.15, 0.2) is 0 Å². The number of carbonyl (C=O) groups excluding carboxylic acids is 1. The number of hydrogen-bond donors (Lipinski definition) is 1. The fourth-order valence-electron chi connectivity index (χ4n) is 1.68. The summed E-state index contributed by atoms with van der Waals surface area (Å²) in [5.74, 6) is -0.865. The zero-order chi connectivity index (χ0) is 15.6. The largest absolute Gasteiger partial charge is 0.390 e. The van der Waals surface area contributed by atoms with Crippen molar-refractivity contribution in [3.63, 3.8) is 0 Å². The molecule has 112 valence electrons. The van der Waals surface area contributed by atoms with Crippen molar-refractivity contribution in [2.45, 2.75) is 27.3 Å². The molecule has 0 spiro atoms. The Morgan fingerprint density at radius 1 is 1.52 bits per heavy atom. The number of hydrogen-bond acceptors (Lipinski definition) is 7. The van der Waals surface area contributed by atoms with Crippen LogP contribution in [0.25, 0.3) is 0 Å². The summed E-state index contributed by atoms with van der Waals surface area (Å²) in [5.41, 5.74) is 0.633. The van der Waals surface area contributed by atoms with Crippen molar-refractivity contribution >= 4 is 28.2 Å². The van der Waals surface area contributed by atoms with Crippen LogP contribution >= 0.6 is 11.3 Å². The van der Waals surface area contributed by atoms with Crippen LogP contribution in [0.15, 0.2) is 6.07 Å². The lowest BCUT2D eigenvalue weighted by Gasteiger charge is -2.09. The second-order valence-electron chi connectivity index (χ2n) is 4.60. The van der Waals surface area contributed by atoms with Crippen molar-refractivity contribution in [2.75, 3.05) is 5.32 Å². The molecule has 10 heteroatoms. The topological polar surface area (TPSA) is 116 Å². The van der Waals surface area contributed by atoms with Gasteiger partial charge in [0.25, 0.3) is 0 Å². The summed E-state index contributed by atoms with van der Waals surface area (Å²) >= 11 is 1.29. The minimum Gasteiger partial charge on any atom is -0.358 e. The first-order chi connectivity index (χ1) is 9.86. The van der Waals surface area contributed by atoms with Gasteiger partial charge in [0.1, 0.15) is 5.01 Å². The third kappa shape index (κ3) is 3.60. The maximum atomic E-state index is 12.0. The van der Waals surface area contributed by atoms with E-state index in [1.54, 1.807) is 20.8 Å². The van der Waals surface area contributed by atoms with E-state index in [0.29, 0.717) is 10.8 Å². The van der Waals surface area contributed by atoms with E-state index in [1.165, 1.54) is 22.1 Å². The number of aryl methyl sites for hydroxylation is 2. The smallest absolute Gasteiger partial charge is 0.358 e. The molecule has 0 saturated carbocycles. The summed E-state index contributed by atoms with van der Waals surface area (Å²) in [5, 5.41) is 26.0. The highest BCUT2D eigenvalue weighted by Crippen LogP contribution is 2.16. The molecule has 0 fully saturated rings. The van der Waals surface area contributed by atoms with Crippen LogP contribution in [0.4, 0.5) is 10.9 Å². The Labute approximate surface area is 124 Å². The number of rotatable bonds is 5. The minimum atomic E-state index is -0.557. The second kappa shape index (κ2) is 5.95. The van der Waals surface area contributed by atoms with Gasteiger partial charge in [-0.05, 0) is 18.8 Å². The number of nitrogens with zero attached hydrogens (tertiary/aromatic N) is 5. The summed E-state index contributed by atoms with van der Waals surface area (Å²) < 4.78 is 1.45.